The molecule has 6 rings (SSSR count). The van der Waals surface area contributed by atoms with Crippen LogP contribution in [0, 0.1) is 18.3 Å². The number of pyridine rings is 2. The number of rotatable bonds is 5. The van der Waals surface area contributed by atoms with E-state index in [0.29, 0.717) is 27.4 Å². The summed E-state index contributed by atoms with van der Waals surface area (Å²) in [6, 6.07) is 5.03. The first-order valence-corrected chi connectivity index (χ1v) is 12.9. The molecule has 3 saturated heterocycles. The van der Waals surface area contributed by atoms with E-state index in [1.165, 1.54) is 5.56 Å². The van der Waals surface area contributed by atoms with E-state index in [2.05, 4.69) is 32.9 Å². The minimum atomic E-state index is -0.189. The molecule has 1 aliphatic carbocycles. The standard InChI is InChI=1S/C25H31Cl2N5O2/c1-14-23(27)22(19(26)9-28-14)15(2)34-17-4-5-20-18(7-17)24(31-30-20)16-3-6-21(29-8-16)32-10-25(11-32)12-33-13-25/h3,6,8-9,15,17-18,20,24,30-31H,4-5,7,10-13H2,1-2H3/t15-,17?,18?,20?,24?/m1/s1. The molecule has 2 N–H and O–H groups in total. The van der Waals surface area contributed by atoms with E-state index in [1.807, 2.05) is 20.0 Å². The molecule has 2 aromatic heterocycles. The van der Waals surface area contributed by atoms with Gasteiger partial charge in [-0.25, -0.2) is 10.4 Å². The van der Waals surface area contributed by atoms with Gasteiger partial charge in [0, 0.05) is 37.1 Å². The van der Waals surface area contributed by atoms with Crippen molar-refractivity contribution < 1.29 is 9.47 Å². The maximum absolute atomic E-state index is 6.52. The molecule has 4 unspecified atom stereocenters. The molecule has 5 heterocycles. The van der Waals surface area contributed by atoms with Crippen LogP contribution in [-0.4, -0.2) is 48.4 Å². The van der Waals surface area contributed by atoms with E-state index in [-0.39, 0.29) is 18.2 Å². The second-order valence-corrected chi connectivity index (χ2v) is 11.3. The van der Waals surface area contributed by atoms with Crippen LogP contribution in [0.2, 0.25) is 10.0 Å². The average molecular weight is 504 g/mol. The number of halogens is 2. The SMILES string of the molecule is Cc1ncc(Cl)c([C@@H](C)OC2CCC3NNC(c4ccc(N5CC6(COC6)C5)nc4)C3C2)c1Cl. The smallest absolute Gasteiger partial charge is 0.128 e. The lowest BCUT2D eigenvalue weighted by Crippen LogP contribution is -2.66. The molecule has 0 bridgehead atoms. The van der Waals surface area contributed by atoms with Crippen LogP contribution in [0.3, 0.4) is 0 Å². The van der Waals surface area contributed by atoms with Crippen LogP contribution in [0.15, 0.2) is 24.5 Å². The fraction of sp³-hybridized carbons (Fsp3) is 0.600. The molecule has 3 aliphatic heterocycles. The maximum atomic E-state index is 6.52. The fourth-order valence-electron chi connectivity index (χ4n) is 6.05. The molecule has 0 aromatic carbocycles. The topological polar surface area (TPSA) is 71.5 Å². The predicted octanol–water partition coefficient (Wildman–Crippen LogP) is 4.39. The quantitative estimate of drug-likeness (QED) is 0.626. The zero-order valence-corrected chi connectivity index (χ0v) is 21.1. The summed E-state index contributed by atoms with van der Waals surface area (Å²) in [6.07, 6.45) is 6.68. The van der Waals surface area contributed by atoms with E-state index in [1.54, 1.807) is 6.20 Å². The molecule has 7 nitrogen and oxygen atoms in total. The predicted molar refractivity (Wildman–Crippen MR) is 132 cm³/mol. The lowest BCUT2D eigenvalue weighted by molar-refractivity contribution is -0.127. The second-order valence-electron chi connectivity index (χ2n) is 10.5. The first kappa shape index (κ1) is 23.0. The lowest BCUT2D eigenvalue weighted by atomic mass is 9.78. The molecule has 0 amide bonds. The van der Waals surface area contributed by atoms with Gasteiger partial charge in [-0.15, -0.1) is 0 Å². The van der Waals surface area contributed by atoms with Crippen LogP contribution in [0.1, 0.15) is 55.2 Å². The highest BCUT2D eigenvalue weighted by atomic mass is 35.5. The van der Waals surface area contributed by atoms with Crippen LogP contribution >= 0.6 is 23.2 Å². The van der Waals surface area contributed by atoms with Gasteiger partial charge in [0.15, 0.2) is 0 Å². The molecule has 1 saturated carbocycles. The van der Waals surface area contributed by atoms with Crippen molar-refractivity contribution in [1.82, 2.24) is 20.8 Å². The van der Waals surface area contributed by atoms with Crippen molar-refractivity contribution in [3.63, 3.8) is 0 Å². The van der Waals surface area contributed by atoms with Crippen molar-refractivity contribution in [1.29, 1.82) is 0 Å². The number of hydrogen-bond acceptors (Lipinski definition) is 7. The monoisotopic (exact) mass is 503 g/mol. The largest absolute Gasteiger partial charge is 0.380 e. The number of nitrogens with zero attached hydrogens (tertiary/aromatic N) is 3. The van der Waals surface area contributed by atoms with Gasteiger partial charge in [0.05, 0.1) is 52.6 Å². The summed E-state index contributed by atoms with van der Waals surface area (Å²) in [5.74, 6) is 1.49. The minimum Gasteiger partial charge on any atom is -0.380 e. The van der Waals surface area contributed by atoms with Gasteiger partial charge in [0.1, 0.15) is 5.82 Å². The van der Waals surface area contributed by atoms with E-state index in [0.717, 1.165) is 62.6 Å². The third-order valence-electron chi connectivity index (χ3n) is 8.01. The van der Waals surface area contributed by atoms with E-state index < -0.39 is 0 Å². The molecule has 182 valence electrons. The summed E-state index contributed by atoms with van der Waals surface area (Å²) in [4.78, 5) is 11.4. The summed E-state index contributed by atoms with van der Waals surface area (Å²) in [5, 5.41) is 1.16. The minimum absolute atomic E-state index is 0.148. The summed E-state index contributed by atoms with van der Waals surface area (Å²) in [6.45, 7) is 7.80. The van der Waals surface area contributed by atoms with Gasteiger partial charge in [0.2, 0.25) is 0 Å². The summed E-state index contributed by atoms with van der Waals surface area (Å²) in [7, 11) is 0. The Labute approximate surface area is 210 Å². The third-order valence-corrected chi connectivity index (χ3v) is 8.79. The number of aryl methyl sites for hydroxylation is 1. The van der Waals surface area contributed by atoms with Crippen LogP contribution in [0.25, 0.3) is 0 Å². The number of hydrogen-bond donors (Lipinski definition) is 2. The zero-order chi connectivity index (χ0) is 23.4. The number of fused-ring (bicyclic) bond motifs is 1. The Bertz CT molecular complexity index is 1060. The molecule has 4 aliphatic rings. The normalized spacial score (nSPS) is 30.5. The van der Waals surface area contributed by atoms with Crippen molar-refractivity contribution in [3.8, 4) is 0 Å². The average Bonchev–Trinajstić information content (AvgIpc) is 3.18. The Kier molecular flexibility index (Phi) is 5.99. The van der Waals surface area contributed by atoms with Gasteiger partial charge in [-0.05, 0) is 50.7 Å². The van der Waals surface area contributed by atoms with Gasteiger partial charge >= 0.3 is 0 Å². The van der Waals surface area contributed by atoms with E-state index >= 15 is 0 Å². The number of aromatic nitrogens is 2. The maximum Gasteiger partial charge on any atom is 0.128 e. The number of anilines is 1. The number of ether oxygens (including phenoxy) is 2. The van der Waals surface area contributed by atoms with E-state index in [9.17, 15) is 0 Å². The Morgan fingerprint density at radius 2 is 1.97 bits per heavy atom. The van der Waals surface area contributed by atoms with Crippen molar-refractivity contribution in [2.75, 3.05) is 31.2 Å². The van der Waals surface area contributed by atoms with Crippen molar-refractivity contribution in [2.45, 2.75) is 57.4 Å². The van der Waals surface area contributed by atoms with E-state index in [4.69, 9.17) is 37.7 Å². The number of nitrogens with one attached hydrogen (secondary N) is 2. The molecule has 34 heavy (non-hydrogen) atoms. The molecule has 5 atom stereocenters. The van der Waals surface area contributed by atoms with Gasteiger partial charge in [-0.3, -0.25) is 10.4 Å². The van der Waals surface area contributed by atoms with Crippen LogP contribution in [0.5, 0.6) is 0 Å². The fourth-order valence-corrected chi connectivity index (χ4v) is 6.70. The van der Waals surface area contributed by atoms with Crippen LogP contribution in [0.4, 0.5) is 5.82 Å². The van der Waals surface area contributed by atoms with Crippen LogP contribution < -0.4 is 15.8 Å². The van der Waals surface area contributed by atoms with Gasteiger partial charge in [-0.1, -0.05) is 29.3 Å². The van der Waals surface area contributed by atoms with Crippen molar-refractivity contribution in [3.05, 3.63) is 51.4 Å². The Morgan fingerprint density at radius 3 is 2.68 bits per heavy atom. The lowest BCUT2D eigenvalue weighted by Gasteiger charge is -2.55. The Balaban J connectivity index is 1.11. The van der Waals surface area contributed by atoms with Crippen LogP contribution in [-0.2, 0) is 9.47 Å². The molecule has 1 spiro atoms. The Hall–Kier alpha value is -1.48. The summed E-state index contributed by atoms with van der Waals surface area (Å²) in [5.41, 5.74) is 10.3. The molecule has 2 aromatic rings. The second kappa shape index (κ2) is 8.87. The summed E-state index contributed by atoms with van der Waals surface area (Å²) < 4.78 is 11.9. The molecule has 0 radical (unpaired) electrons. The molecule has 9 heteroatoms. The summed E-state index contributed by atoms with van der Waals surface area (Å²) >= 11 is 12.9. The van der Waals surface area contributed by atoms with Gasteiger partial charge in [-0.2, -0.15) is 0 Å². The molecular weight excluding hydrogens is 473 g/mol. The highest BCUT2D eigenvalue weighted by molar-refractivity contribution is 6.36. The van der Waals surface area contributed by atoms with Crippen molar-refractivity contribution in [2.24, 2.45) is 11.3 Å². The molecule has 4 fully saturated rings. The third kappa shape index (κ3) is 4.00. The van der Waals surface area contributed by atoms with Gasteiger partial charge < -0.3 is 14.4 Å². The highest BCUT2D eigenvalue weighted by Crippen LogP contribution is 2.43. The highest BCUT2D eigenvalue weighted by Gasteiger charge is 2.49. The number of hydrazine groups is 1. The Morgan fingerprint density at radius 1 is 1.15 bits per heavy atom. The first-order chi connectivity index (χ1) is 16.4. The first-order valence-electron chi connectivity index (χ1n) is 12.2. The van der Waals surface area contributed by atoms with Gasteiger partial charge in [0.25, 0.3) is 0 Å². The van der Waals surface area contributed by atoms with Crippen molar-refractivity contribution >= 4 is 29.0 Å². The zero-order valence-electron chi connectivity index (χ0n) is 19.6. The molecular formula is C25H31Cl2N5O2.